The molecule has 0 spiro atoms. The highest BCUT2D eigenvalue weighted by atomic mass is 32.1. The van der Waals surface area contributed by atoms with Gasteiger partial charge >= 0.3 is 0 Å². The van der Waals surface area contributed by atoms with Crippen LogP contribution in [0.2, 0.25) is 0 Å². The molecule has 2 N–H and O–H groups in total. The molecule has 86 valence electrons. The van der Waals surface area contributed by atoms with Crippen LogP contribution in [0, 0.1) is 0 Å². The third kappa shape index (κ3) is 1.76. The highest BCUT2D eigenvalue weighted by Gasteiger charge is 2.29. The smallest absolute Gasteiger partial charge is 0.227 e. The molecular formula is C12H16N2OS. The molecule has 0 radical (unpaired) electrons. The molecule has 1 saturated heterocycles. The second kappa shape index (κ2) is 4.18. The highest BCUT2D eigenvalue weighted by molar-refractivity contribution is 7.10. The first-order valence-corrected chi connectivity index (χ1v) is 6.80. The molecule has 0 bridgehead atoms. The summed E-state index contributed by atoms with van der Waals surface area (Å²) in [6.45, 7) is 1.85. The lowest BCUT2D eigenvalue weighted by Crippen LogP contribution is -2.57. The van der Waals surface area contributed by atoms with E-state index in [-0.39, 0.29) is 11.8 Å². The van der Waals surface area contributed by atoms with Gasteiger partial charge in [0.25, 0.3) is 0 Å². The van der Waals surface area contributed by atoms with Gasteiger partial charge in [0, 0.05) is 18.0 Å². The van der Waals surface area contributed by atoms with Crippen molar-refractivity contribution in [2.45, 2.75) is 31.2 Å². The second-order valence-corrected chi connectivity index (χ2v) is 5.61. The van der Waals surface area contributed by atoms with Crippen LogP contribution in [-0.4, -0.2) is 25.0 Å². The third-order valence-corrected chi connectivity index (χ3v) is 4.49. The molecule has 3 nitrogen and oxygen atoms in total. The fraction of sp³-hybridized carbons (Fsp3) is 0.583. The van der Waals surface area contributed by atoms with E-state index in [0.29, 0.717) is 6.04 Å². The summed E-state index contributed by atoms with van der Waals surface area (Å²) < 4.78 is 0. The van der Waals surface area contributed by atoms with Crippen molar-refractivity contribution in [2.75, 3.05) is 13.1 Å². The Morgan fingerprint density at radius 3 is 3.12 bits per heavy atom. The average molecular weight is 236 g/mol. The van der Waals surface area contributed by atoms with Gasteiger partial charge in [0.15, 0.2) is 0 Å². The van der Waals surface area contributed by atoms with Crippen molar-refractivity contribution < 1.29 is 4.79 Å². The van der Waals surface area contributed by atoms with Gasteiger partial charge in [0.1, 0.15) is 0 Å². The number of thiophene rings is 1. The molecule has 1 aromatic heterocycles. The number of hydrogen-bond acceptors (Lipinski definition) is 3. The third-order valence-electron chi connectivity index (χ3n) is 3.50. The zero-order valence-electron chi connectivity index (χ0n) is 9.16. The van der Waals surface area contributed by atoms with Crippen LogP contribution in [0.5, 0.6) is 0 Å². The summed E-state index contributed by atoms with van der Waals surface area (Å²) in [4.78, 5) is 13.5. The van der Waals surface area contributed by atoms with E-state index in [1.165, 1.54) is 10.4 Å². The number of carbonyl (C=O) groups excluding carboxylic acids is 1. The lowest BCUT2D eigenvalue weighted by molar-refractivity contribution is -0.123. The van der Waals surface area contributed by atoms with Crippen LogP contribution in [0.3, 0.4) is 0 Å². The summed E-state index contributed by atoms with van der Waals surface area (Å²) in [5.41, 5.74) is 1.28. The average Bonchev–Trinajstić information content (AvgIpc) is 2.70. The van der Waals surface area contributed by atoms with Crippen molar-refractivity contribution in [3.63, 3.8) is 0 Å². The standard InChI is InChI=1S/C12H16N2OS/c15-12(14-8-6-13-7-8)10-2-1-3-11-9(10)4-5-16-11/h4-5,8,10,13H,1-3,6-7H2,(H,14,15). The van der Waals surface area contributed by atoms with Gasteiger partial charge in [0.2, 0.25) is 5.91 Å². The van der Waals surface area contributed by atoms with Crippen LogP contribution in [-0.2, 0) is 11.2 Å². The molecular weight excluding hydrogens is 220 g/mol. The zero-order chi connectivity index (χ0) is 11.0. The van der Waals surface area contributed by atoms with Gasteiger partial charge in [-0.25, -0.2) is 0 Å². The van der Waals surface area contributed by atoms with Crippen molar-refractivity contribution in [3.8, 4) is 0 Å². The summed E-state index contributed by atoms with van der Waals surface area (Å²) in [6, 6.07) is 2.49. The molecule has 0 saturated carbocycles. The van der Waals surface area contributed by atoms with Crippen LogP contribution in [0.1, 0.15) is 29.2 Å². The first kappa shape index (κ1) is 10.3. The Morgan fingerprint density at radius 2 is 2.38 bits per heavy atom. The van der Waals surface area contributed by atoms with E-state index in [1.807, 2.05) is 0 Å². The van der Waals surface area contributed by atoms with E-state index in [9.17, 15) is 4.79 Å². The number of aryl methyl sites for hydroxylation is 1. The van der Waals surface area contributed by atoms with E-state index in [2.05, 4.69) is 22.1 Å². The molecule has 1 aromatic rings. The fourth-order valence-corrected chi connectivity index (χ4v) is 3.44. The number of amides is 1. The lowest BCUT2D eigenvalue weighted by atomic mass is 9.87. The second-order valence-electron chi connectivity index (χ2n) is 4.61. The largest absolute Gasteiger partial charge is 0.350 e. The number of nitrogens with one attached hydrogen (secondary N) is 2. The predicted octanol–water partition coefficient (Wildman–Crippen LogP) is 1.26. The molecule has 1 unspecified atom stereocenters. The van der Waals surface area contributed by atoms with Gasteiger partial charge in [-0.1, -0.05) is 0 Å². The maximum Gasteiger partial charge on any atom is 0.227 e. The molecule has 1 atom stereocenters. The van der Waals surface area contributed by atoms with Gasteiger partial charge in [-0.15, -0.1) is 11.3 Å². The monoisotopic (exact) mass is 236 g/mol. The van der Waals surface area contributed by atoms with Crippen LogP contribution < -0.4 is 10.6 Å². The quantitative estimate of drug-likeness (QED) is 0.811. The summed E-state index contributed by atoms with van der Waals surface area (Å²) in [7, 11) is 0. The highest BCUT2D eigenvalue weighted by Crippen LogP contribution is 2.35. The van der Waals surface area contributed by atoms with Gasteiger partial charge in [-0.3, -0.25) is 4.79 Å². The number of carbonyl (C=O) groups is 1. The normalized spacial score (nSPS) is 24.6. The molecule has 1 amide bonds. The minimum Gasteiger partial charge on any atom is -0.350 e. The van der Waals surface area contributed by atoms with E-state index < -0.39 is 0 Å². The van der Waals surface area contributed by atoms with Gasteiger partial charge in [-0.2, -0.15) is 0 Å². The van der Waals surface area contributed by atoms with Gasteiger partial charge < -0.3 is 10.6 Å². The van der Waals surface area contributed by atoms with Crippen LogP contribution in [0.25, 0.3) is 0 Å². The number of fused-ring (bicyclic) bond motifs is 1. The topological polar surface area (TPSA) is 41.1 Å². The summed E-state index contributed by atoms with van der Waals surface area (Å²) in [5, 5.41) is 8.40. The summed E-state index contributed by atoms with van der Waals surface area (Å²) in [6.07, 6.45) is 3.31. The molecule has 1 fully saturated rings. The van der Waals surface area contributed by atoms with E-state index in [0.717, 1.165) is 32.4 Å². The van der Waals surface area contributed by atoms with E-state index in [1.54, 1.807) is 11.3 Å². The Kier molecular flexibility index (Phi) is 2.69. The van der Waals surface area contributed by atoms with Crippen molar-refractivity contribution >= 4 is 17.2 Å². The Labute approximate surface area is 99.2 Å². The van der Waals surface area contributed by atoms with E-state index in [4.69, 9.17) is 0 Å². The van der Waals surface area contributed by atoms with Crippen LogP contribution in [0.15, 0.2) is 11.4 Å². The zero-order valence-corrected chi connectivity index (χ0v) is 9.98. The van der Waals surface area contributed by atoms with Crippen molar-refractivity contribution in [1.29, 1.82) is 0 Å². The van der Waals surface area contributed by atoms with Crippen LogP contribution >= 0.6 is 11.3 Å². The maximum absolute atomic E-state index is 12.1. The van der Waals surface area contributed by atoms with Crippen molar-refractivity contribution in [2.24, 2.45) is 0 Å². The van der Waals surface area contributed by atoms with Gasteiger partial charge in [-0.05, 0) is 36.3 Å². The van der Waals surface area contributed by atoms with E-state index >= 15 is 0 Å². The first-order valence-electron chi connectivity index (χ1n) is 5.92. The molecule has 3 rings (SSSR count). The SMILES string of the molecule is O=C(NC1CNC1)C1CCCc2sccc21. The molecule has 1 aliphatic heterocycles. The minimum atomic E-state index is 0.107. The number of rotatable bonds is 2. The molecule has 0 aromatic carbocycles. The number of hydrogen-bond donors (Lipinski definition) is 2. The maximum atomic E-state index is 12.1. The minimum absolute atomic E-state index is 0.107. The first-order chi connectivity index (χ1) is 7.84. The molecule has 1 aliphatic carbocycles. The molecule has 4 heteroatoms. The predicted molar refractivity (Wildman–Crippen MR) is 64.8 cm³/mol. The Bertz CT molecular complexity index is 397. The Balaban J connectivity index is 1.73. The van der Waals surface area contributed by atoms with Crippen molar-refractivity contribution in [3.05, 3.63) is 21.9 Å². The molecule has 2 heterocycles. The van der Waals surface area contributed by atoms with Gasteiger partial charge in [0.05, 0.1) is 12.0 Å². The summed E-state index contributed by atoms with van der Waals surface area (Å²) >= 11 is 1.79. The van der Waals surface area contributed by atoms with Crippen LogP contribution in [0.4, 0.5) is 0 Å². The lowest BCUT2D eigenvalue weighted by Gasteiger charge is -2.30. The Morgan fingerprint density at radius 1 is 1.50 bits per heavy atom. The fourth-order valence-electron chi connectivity index (χ4n) is 2.45. The molecule has 16 heavy (non-hydrogen) atoms. The van der Waals surface area contributed by atoms with Crippen molar-refractivity contribution in [1.82, 2.24) is 10.6 Å². The summed E-state index contributed by atoms with van der Waals surface area (Å²) in [5.74, 6) is 0.335. The Hall–Kier alpha value is -0.870. The molecule has 2 aliphatic rings.